The molecule has 0 unspecified atom stereocenters. The van der Waals surface area contributed by atoms with Crippen LogP contribution in [0.3, 0.4) is 0 Å². The second-order valence-corrected chi connectivity index (χ2v) is 4.80. The fourth-order valence-corrected chi connectivity index (χ4v) is 1.24. The molecule has 1 aromatic rings. The zero-order valence-electron chi connectivity index (χ0n) is 10.3. The second-order valence-electron chi connectivity index (χ2n) is 4.80. The van der Waals surface area contributed by atoms with E-state index in [1.165, 1.54) is 6.21 Å². The molecule has 1 aromatic carbocycles. The van der Waals surface area contributed by atoms with Gasteiger partial charge in [-0.25, -0.2) is 5.43 Å². The minimum absolute atomic E-state index is 0.136. The molecule has 0 aliphatic carbocycles. The standard InChI is InChI=1S/C12H17N3O2/c1-15(2,3)9-12(17)14-13-8-10-6-4-5-7-11(10)16/h4-8H,9H2,1-3H3,(H-,13,14,16,17)/p+1. The third-order valence-electron chi connectivity index (χ3n) is 1.95. The summed E-state index contributed by atoms with van der Waals surface area (Å²) in [6.07, 6.45) is 1.42. The number of rotatable bonds is 4. The number of hydrogen-bond acceptors (Lipinski definition) is 3. The van der Waals surface area contributed by atoms with Gasteiger partial charge < -0.3 is 9.59 Å². The predicted octanol–water partition coefficient (Wildman–Crippen LogP) is 0.549. The zero-order valence-corrected chi connectivity index (χ0v) is 10.3. The summed E-state index contributed by atoms with van der Waals surface area (Å²) < 4.78 is 0.540. The Morgan fingerprint density at radius 2 is 2.06 bits per heavy atom. The Morgan fingerprint density at radius 1 is 1.41 bits per heavy atom. The summed E-state index contributed by atoms with van der Waals surface area (Å²) in [5.74, 6) is -0.0266. The first-order valence-electron chi connectivity index (χ1n) is 5.29. The number of benzene rings is 1. The van der Waals surface area contributed by atoms with E-state index in [1.807, 2.05) is 21.1 Å². The highest BCUT2D eigenvalue weighted by atomic mass is 16.3. The molecule has 0 radical (unpaired) electrons. The van der Waals surface area contributed by atoms with Crippen molar-refractivity contribution >= 4 is 12.1 Å². The van der Waals surface area contributed by atoms with E-state index in [0.717, 1.165) is 0 Å². The highest BCUT2D eigenvalue weighted by Crippen LogP contribution is 2.12. The van der Waals surface area contributed by atoms with Crippen LogP contribution in [0.4, 0.5) is 0 Å². The van der Waals surface area contributed by atoms with E-state index < -0.39 is 0 Å². The molecule has 0 fully saturated rings. The zero-order chi connectivity index (χ0) is 12.9. The Hall–Kier alpha value is -1.88. The van der Waals surface area contributed by atoms with E-state index >= 15 is 0 Å². The highest BCUT2D eigenvalue weighted by Gasteiger charge is 2.12. The molecule has 0 aliphatic rings. The number of carbonyl (C=O) groups is 1. The third kappa shape index (κ3) is 5.12. The number of quaternary nitrogens is 1. The molecule has 92 valence electrons. The number of amides is 1. The number of nitrogens with one attached hydrogen (secondary N) is 1. The van der Waals surface area contributed by atoms with Crippen LogP contribution in [0.2, 0.25) is 0 Å². The number of nitrogens with zero attached hydrogens (tertiary/aromatic N) is 2. The van der Waals surface area contributed by atoms with Crippen LogP contribution in [0, 0.1) is 0 Å². The van der Waals surface area contributed by atoms with Gasteiger partial charge in [0.2, 0.25) is 0 Å². The van der Waals surface area contributed by atoms with Gasteiger partial charge in [-0.2, -0.15) is 5.10 Å². The topological polar surface area (TPSA) is 61.7 Å². The van der Waals surface area contributed by atoms with Crippen LogP contribution >= 0.6 is 0 Å². The molecule has 0 aromatic heterocycles. The van der Waals surface area contributed by atoms with Crippen molar-refractivity contribution < 1.29 is 14.4 Å². The molecule has 0 bridgehead atoms. The molecule has 0 spiro atoms. The highest BCUT2D eigenvalue weighted by molar-refractivity contribution is 5.85. The lowest BCUT2D eigenvalue weighted by atomic mass is 10.2. The van der Waals surface area contributed by atoms with Gasteiger partial charge >= 0.3 is 0 Å². The lowest BCUT2D eigenvalue weighted by Gasteiger charge is -2.21. The Labute approximate surface area is 101 Å². The summed E-state index contributed by atoms with van der Waals surface area (Å²) in [5, 5.41) is 13.2. The molecule has 0 heterocycles. The molecular formula is C12H18N3O2+. The van der Waals surface area contributed by atoms with Crippen LogP contribution < -0.4 is 5.43 Å². The van der Waals surface area contributed by atoms with E-state index in [4.69, 9.17) is 0 Å². The number of phenols is 1. The first-order valence-corrected chi connectivity index (χ1v) is 5.29. The molecule has 17 heavy (non-hydrogen) atoms. The van der Waals surface area contributed by atoms with Gasteiger partial charge in [0.25, 0.3) is 5.91 Å². The van der Waals surface area contributed by atoms with Gasteiger partial charge in [-0.3, -0.25) is 4.79 Å². The number of aromatic hydroxyl groups is 1. The lowest BCUT2D eigenvalue weighted by molar-refractivity contribution is -0.862. The molecular weight excluding hydrogens is 218 g/mol. The fourth-order valence-electron chi connectivity index (χ4n) is 1.24. The van der Waals surface area contributed by atoms with Gasteiger partial charge in [-0.15, -0.1) is 0 Å². The van der Waals surface area contributed by atoms with Gasteiger partial charge in [0.1, 0.15) is 5.75 Å². The van der Waals surface area contributed by atoms with Crippen LogP contribution in [0.15, 0.2) is 29.4 Å². The molecule has 2 N–H and O–H groups in total. The van der Waals surface area contributed by atoms with Crippen molar-refractivity contribution in [3.63, 3.8) is 0 Å². The van der Waals surface area contributed by atoms with Crippen molar-refractivity contribution in [1.29, 1.82) is 0 Å². The molecule has 0 saturated heterocycles. The molecule has 1 rings (SSSR count). The number of hydrogen-bond donors (Lipinski definition) is 2. The monoisotopic (exact) mass is 236 g/mol. The summed E-state index contributed by atoms with van der Waals surface area (Å²) in [6, 6.07) is 6.79. The van der Waals surface area contributed by atoms with E-state index in [1.54, 1.807) is 24.3 Å². The van der Waals surface area contributed by atoms with Crippen molar-refractivity contribution in [3.8, 4) is 5.75 Å². The number of phenolic OH excluding ortho intramolecular Hbond substituents is 1. The molecule has 0 atom stereocenters. The summed E-state index contributed by atoms with van der Waals surface area (Å²) in [6.45, 7) is 0.345. The maximum atomic E-state index is 11.4. The average molecular weight is 236 g/mol. The number of likely N-dealkylation sites (N-methyl/N-ethyl adjacent to an activating group) is 1. The molecule has 0 saturated carbocycles. The lowest BCUT2D eigenvalue weighted by Crippen LogP contribution is -2.43. The average Bonchev–Trinajstić information content (AvgIpc) is 2.18. The largest absolute Gasteiger partial charge is 0.507 e. The van der Waals surface area contributed by atoms with Crippen molar-refractivity contribution in [2.24, 2.45) is 5.10 Å². The van der Waals surface area contributed by atoms with Crippen LogP contribution in [-0.2, 0) is 4.79 Å². The van der Waals surface area contributed by atoms with Crippen LogP contribution in [0.25, 0.3) is 0 Å². The van der Waals surface area contributed by atoms with Crippen molar-refractivity contribution in [1.82, 2.24) is 5.43 Å². The normalized spacial score (nSPS) is 11.7. The van der Waals surface area contributed by atoms with E-state index in [9.17, 15) is 9.90 Å². The Morgan fingerprint density at radius 3 is 2.65 bits per heavy atom. The maximum Gasteiger partial charge on any atom is 0.295 e. The first kappa shape index (κ1) is 13.2. The van der Waals surface area contributed by atoms with Gasteiger partial charge in [-0.05, 0) is 12.1 Å². The van der Waals surface area contributed by atoms with E-state index in [0.29, 0.717) is 16.6 Å². The van der Waals surface area contributed by atoms with Gasteiger partial charge in [0, 0.05) is 5.56 Å². The second kappa shape index (κ2) is 5.45. The van der Waals surface area contributed by atoms with E-state index in [-0.39, 0.29) is 11.7 Å². The summed E-state index contributed by atoms with van der Waals surface area (Å²) in [7, 11) is 5.77. The Kier molecular flexibility index (Phi) is 4.23. The molecule has 1 amide bonds. The Balaban J connectivity index is 2.51. The molecule has 0 aliphatic heterocycles. The van der Waals surface area contributed by atoms with E-state index in [2.05, 4.69) is 10.5 Å². The fraction of sp³-hybridized carbons (Fsp3) is 0.333. The summed E-state index contributed by atoms with van der Waals surface area (Å²) in [5.41, 5.74) is 2.99. The summed E-state index contributed by atoms with van der Waals surface area (Å²) >= 11 is 0. The maximum absolute atomic E-state index is 11.4. The predicted molar refractivity (Wildman–Crippen MR) is 66.7 cm³/mol. The third-order valence-corrected chi connectivity index (χ3v) is 1.95. The van der Waals surface area contributed by atoms with Crippen LogP contribution in [0.5, 0.6) is 5.75 Å². The quantitative estimate of drug-likeness (QED) is 0.455. The minimum atomic E-state index is -0.163. The van der Waals surface area contributed by atoms with Crippen LogP contribution in [-0.4, -0.2) is 49.4 Å². The number of hydrazone groups is 1. The Bertz CT molecular complexity index is 422. The van der Waals surface area contributed by atoms with Crippen LogP contribution in [0.1, 0.15) is 5.56 Å². The van der Waals surface area contributed by atoms with Crippen molar-refractivity contribution in [2.75, 3.05) is 27.7 Å². The number of carbonyl (C=O) groups excluding carboxylic acids is 1. The minimum Gasteiger partial charge on any atom is -0.507 e. The van der Waals surface area contributed by atoms with Gasteiger partial charge in [0.15, 0.2) is 6.54 Å². The first-order chi connectivity index (χ1) is 7.88. The van der Waals surface area contributed by atoms with Crippen molar-refractivity contribution in [3.05, 3.63) is 29.8 Å². The SMILES string of the molecule is C[N+](C)(C)CC(=O)N/N=C/c1ccccc1O. The van der Waals surface area contributed by atoms with Crippen molar-refractivity contribution in [2.45, 2.75) is 0 Å². The molecule has 5 nitrogen and oxygen atoms in total. The smallest absolute Gasteiger partial charge is 0.295 e. The molecule has 5 heteroatoms. The number of para-hydroxylation sites is 1. The van der Waals surface area contributed by atoms with Gasteiger partial charge in [-0.1, -0.05) is 12.1 Å². The van der Waals surface area contributed by atoms with Gasteiger partial charge in [0.05, 0.1) is 27.4 Å². The summed E-state index contributed by atoms with van der Waals surface area (Å²) in [4.78, 5) is 11.4.